The van der Waals surface area contributed by atoms with E-state index >= 15 is 0 Å². The summed E-state index contributed by atoms with van der Waals surface area (Å²) in [6.07, 6.45) is 9.04. The van der Waals surface area contributed by atoms with Crippen molar-refractivity contribution in [3.63, 3.8) is 0 Å². The van der Waals surface area contributed by atoms with E-state index in [0.717, 1.165) is 38.5 Å². The van der Waals surface area contributed by atoms with Crippen LogP contribution < -0.4 is 5.32 Å². The molecule has 1 aromatic carbocycles. The Morgan fingerprint density at radius 1 is 1.04 bits per heavy atom. The first-order valence-electron chi connectivity index (χ1n) is 16.8. The molecule has 2 heterocycles. The summed E-state index contributed by atoms with van der Waals surface area (Å²) in [5, 5.41) is 11.9. The number of carbonyl (C=O) groups is 4. The number of ether oxygens (including phenoxy) is 5. The number of esters is 3. The van der Waals surface area contributed by atoms with Crippen LogP contribution in [-0.2, 0) is 38.1 Å². The van der Waals surface area contributed by atoms with Gasteiger partial charge in [0.25, 0.3) is 0 Å². The van der Waals surface area contributed by atoms with E-state index in [1.54, 1.807) is 44.2 Å². The molecule has 258 valence electrons. The van der Waals surface area contributed by atoms with E-state index in [2.05, 4.69) is 19.2 Å². The van der Waals surface area contributed by atoms with Crippen LogP contribution in [0.1, 0.15) is 101 Å². The fraction of sp³-hybridized carbons (Fsp3) is 0.611. The van der Waals surface area contributed by atoms with Gasteiger partial charge in [0, 0.05) is 42.9 Å². The van der Waals surface area contributed by atoms with Crippen molar-refractivity contribution < 1.29 is 48.0 Å². The number of nitrogens with one attached hydrogen (secondary N) is 1. The Balaban J connectivity index is 1.49. The minimum atomic E-state index is -0.997. The highest BCUT2D eigenvalue weighted by atomic mass is 16.8. The van der Waals surface area contributed by atoms with Gasteiger partial charge < -0.3 is 34.1 Å². The molecular weight excluding hydrogens is 606 g/mol. The monoisotopic (exact) mass is 655 g/mol. The molecule has 0 aromatic heterocycles. The normalized spacial score (nSPS) is 24.4. The lowest BCUT2D eigenvalue weighted by molar-refractivity contribution is -0.190. The third-order valence-electron chi connectivity index (χ3n) is 8.73. The van der Waals surface area contributed by atoms with Crippen LogP contribution in [0.2, 0.25) is 0 Å². The van der Waals surface area contributed by atoms with Crippen molar-refractivity contribution in [3.8, 4) is 0 Å². The van der Waals surface area contributed by atoms with Crippen LogP contribution in [0.15, 0.2) is 42.0 Å². The van der Waals surface area contributed by atoms with Gasteiger partial charge in [0.2, 0.25) is 12.0 Å². The van der Waals surface area contributed by atoms with Gasteiger partial charge in [0.1, 0.15) is 24.9 Å². The largest absolute Gasteiger partial charge is 0.462 e. The second-order valence-electron chi connectivity index (χ2n) is 13.2. The Labute approximate surface area is 277 Å². The van der Waals surface area contributed by atoms with Gasteiger partial charge in [0.05, 0.1) is 12.2 Å². The molecule has 11 heteroatoms. The molecule has 0 saturated carbocycles. The number of rotatable bonds is 16. The lowest BCUT2D eigenvalue weighted by Crippen LogP contribution is -2.43. The van der Waals surface area contributed by atoms with Crippen molar-refractivity contribution in [2.45, 2.75) is 116 Å². The van der Waals surface area contributed by atoms with Crippen molar-refractivity contribution in [1.29, 1.82) is 0 Å². The molecule has 4 unspecified atom stereocenters. The molecule has 2 fully saturated rings. The molecule has 2 aliphatic heterocycles. The number of hydrogen-bond acceptors (Lipinski definition) is 10. The highest BCUT2D eigenvalue weighted by Gasteiger charge is 2.52. The highest BCUT2D eigenvalue weighted by molar-refractivity contribution is 5.94. The average molecular weight is 656 g/mol. The Morgan fingerprint density at radius 2 is 1.77 bits per heavy atom. The molecule has 2 N–H and O–H groups in total. The molecular formula is C36H49NO10. The average Bonchev–Trinajstić information content (AvgIpc) is 3.55. The van der Waals surface area contributed by atoms with Gasteiger partial charge in [-0.3, -0.25) is 4.79 Å². The fourth-order valence-corrected chi connectivity index (χ4v) is 6.11. The van der Waals surface area contributed by atoms with Crippen LogP contribution >= 0.6 is 0 Å². The van der Waals surface area contributed by atoms with Crippen LogP contribution in [-0.4, -0.2) is 78.9 Å². The Kier molecular flexibility index (Phi) is 12.8. The molecule has 1 aliphatic carbocycles. The van der Waals surface area contributed by atoms with Crippen molar-refractivity contribution in [2.24, 2.45) is 5.41 Å². The number of unbranched alkanes of at least 4 members (excludes halogenated alkanes) is 4. The Morgan fingerprint density at radius 3 is 2.40 bits per heavy atom. The van der Waals surface area contributed by atoms with Crippen molar-refractivity contribution in [1.82, 2.24) is 5.32 Å². The number of carbonyl (C=O) groups excluding carboxylic acids is 4. The van der Waals surface area contributed by atoms with E-state index in [0.29, 0.717) is 24.0 Å². The van der Waals surface area contributed by atoms with E-state index in [1.807, 2.05) is 0 Å². The summed E-state index contributed by atoms with van der Waals surface area (Å²) in [5.74, 6) is -3.09. The number of amides is 1. The lowest BCUT2D eigenvalue weighted by atomic mass is 9.90. The summed E-state index contributed by atoms with van der Waals surface area (Å²) in [7, 11) is 0. The van der Waals surface area contributed by atoms with Crippen molar-refractivity contribution >= 4 is 29.9 Å². The number of hydrogen-bond donors (Lipinski definition) is 2. The summed E-state index contributed by atoms with van der Waals surface area (Å²) in [4.78, 5) is 50.9. The quantitative estimate of drug-likeness (QED) is 0.110. The molecule has 1 aromatic rings. The summed E-state index contributed by atoms with van der Waals surface area (Å²) >= 11 is 0. The van der Waals surface area contributed by atoms with E-state index in [4.69, 9.17) is 23.7 Å². The van der Waals surface area contributed by atoms with Crippen LogP contribution in [0.3, 0.4) is 0 Å². The predicted octanol–water partition coefficient (Wildman–Crippen LogP) is 4.80. The second kappa shape index (κ2) is 16.5. The van der Waals surface area contributed by atoms with Gasteiger partial charge in [-0.25, -0.2) is 14.4 Å². The summed E-state index contributed by atoms with van der Waals surface area (Å²) in [6, 6.07) is 6.56. The topological polar surface area (TPSA) is 147 Å². The van der Waals surface area contributed by atoms with E-state index in [1.165, 1.54) is 12.2 Å². The van der Waals surface area contributed by atoms with E-state index in [-0.39, 0.29) is 37.6 Å². The molecule has 2 saturated heterocycles. The molecule has 0 bridgehead atoms. The minimum absolute atomic E-state index is 0.0976. The highest BCUT2D eigenvalue weighted by Crippen LogP contribution is 2.43. The summed E-state index contributed by atoms with van der Waals surface area (Å²) < 4.78 is 29.7. The second-order valence-corrected chi connectivity index (χ2v) is 13.2. The molecule has 0 spiro atoms. The SMILES string of the molecule is CCCCCC1(CCCCC)OC2C=C(C(=O)NCCO)CC(OC(=O)c3cccc(C=CC(=O)OC4C(=O)OCC4(C)C)c3)C2O1. The Hall–Kier alpha value is -3.54. The summed E-state index contributed by atoms with van der Waals surface area (Å²) in [6.45, 7) is 7.91. The zero-order valence-electron chi connectivity index (χ0n) is 28.0. The van der Waals surface area contributed by atoms with Crippen LogP contribution in [0, 0.1) is 5.41 Å². The summed E-state index contributed by atoms with van der Waals surface area (Å²) in [5.41, 5.74) is 0.565. The van der Waals surface area contributed by atoms with Crippen molar-refractivity contribution in [2.75, 3.05) is 19.8 Å². The number of aliphatic hydroxyl groups excluding tert-OH is 1. The first-order chi connectivity index (χ1) is 22.5. The van der Waals surface area contributed by atoms with Crippen LogP contribution in [0.4, 0.5) is 0 Å². The maximum atomic E-state index is 13.5. The zero-order valence-corrected chi connectivity index (χ0v) is 28.0. The number of benzene rings is 1. The van der Waals surface area contributed by atoms with Gasteiger partial charge in [-0.2, -0.15) is 0 Å². The maximum Gasteiger partial charge on any atom is 0.348 e. The van der Waals surface area contributed by atoms with Gasteiger partial charge in [-0.05, 0) is 42.7 Å². The molecule has 4 rings (SSSR count). The first kappa shape index (κ1) is 36.3. The van der Waals surface area contributed by atoms with Gasteiger partial charge in [0.15, 0.2) is 5.79 Å². The number of fused-ring (bicyclic) bond motifs is 1. The zero-order chi connectivity index (χ0) is 34.0. The molecule has 3 aliphatic rings. The third-order valence-corrected chi connectivity index (χ3v) is 8.73. The molecule has 1 amide bonds. The number of cyclic esters (lactones) is 1. The number of aliphatic hydroxyl groups is 1. The van der Waals surface area contributed by atoms with Gasteiger partial charge in [-0.15, -0.1) is 0 Å². The first-order valence-corrected chi connectivity index (χ1v) is 16.8. The van der Waals surface area contributed by atoms with Crippen molar-refractivity contribution in [3.05, 3.63) is 53.1 Å². The van der Waals surface area contributed by atoms with Gasteiger partial charge in [-0.1, -0.05) is 65.5 Å². The smallest absolute Gasteiger partial charge is 0.348 e. The predicted molar refractivity (Wildman–Crippen MR) is 173 cm³/mol. The maximum absolute atomic E-state index is 13.5. The van der Waals surface area contributed by atoms with E-state index < -0.39 is 53.5 Å². The Bertz CT molecular complexity index is 1320. The lowest BCUT2D eigenvalue weighted by Gasteiger charge is -2.31. The molecule has 11 nitrogen and oxygen atoms in total. The minimum Gasteiger partial charge on any atom is -0.462 e. The van der Waals surface area contributed by atoms with Crippen LogP contribution in [0.5, 0.6) is 0 Å². The van der Waals surface area contributed by atoms with E-state index in [9.17, 15) is 24.3 Å². The molecule has 47 heavy (non-hydrogen) atoms. The fourth-order valence-electron chi connectivity index (χ4n) is 6.11. The third kappa shape index (κ3) is 9.52. The standard InChI is InChI=1S/C36H49NO10/c1-5-7-9-16-36(17-10-8-6-2)46-28-22-26(32(40)37-18-19-38)21-27(30(28)47-36)44-33(41)25-13-11-12-24(20-25)14-15-29(39)45-31-34(42)43-23-35(31,3)4/h11-15,20,22,27-28,30-31,38H,5-10,16-19,21,23H2,1-4H3,(H,37,40). The van der Waals surface area contributed by atoms with Crippen LogP contribution in [0.25, 0.3) is 6.08 Å². The molecule has 0 radical (unpaired) electrons. The molecule has 4 atom stereocenters. The van der Waals surface area contributed by atoms with Gasteiger partial charge >= 0.3 is 17.9 Å².